The third-order valence-corrected chi connectivity index (χ3v) is 5.73. The zero-order valence-corrected chi connectivity index (χ0v) is 20.6. The molecule has 0 aliphatic carbocycles. The molecule has 1 aliphatic heterocycles. The Kier molecular flexibility index (Phi) is 13.8. The molecule has 35 heavy (non-hydrogen) atoms. The average molecular weight is 504 g/mol. The highest BCUT2D eigenvalue weighted by atomic mass is 16.5. The van der Waals surface area contributed by atoms with E-state index in [9.17, 15) is 29.1 Å². The van der Waals surface area contributed by atoms with Crippen LogP contribution in [0.5, 0.6) is 0 Å². The van der Waals surface area contributed by atoms with Gasteiger partial charge in [0.1, 0.15) is 6.54 Å². The first-order chi connectivity index (χ1) is 16.5. The third kappa shape index (κ3) is 12.5. The van der Waals surface area contributed by atoms with Gasteiger partial charge >= 0.3 is 23.9 Å². The molecule has 3 N–H and O–H groups in total. The van der Waals surface area contributed by atoms with Gasteiger partial charge in [0.15, 0.2) is 0 Å². The highest BCUT2D eigenvalue weighted by Crippen LogP contribution is 2.05. The van der Waals surface area contributed by atoms with E-state index in [1.807, 2.05) is 14.7 Å². The van der Waals surface area contributed by atoms with Crippen LogP contribution in [0.25, 0.3) is 0 Å². The topological polar surface area (TPSA) is 169 Å². The van der Waals surface area contributed by atoms with E-state index in [0.29, 0.717) is 52.4 Å². The fourth-order valence-electron chi connectivity index (χ4n) is 3.58. The summed E-state index contributed by atoms with van der Waals surface area (Å²) < 4.78 is 9.55. The van der Waals surface area contributed by atoms with Crippen LogP contribution in [0.3, 0.4) is 0 Å². The monoisotopic (exact) mass is 503 g/mol. The fraction of sp³-hybridized carbons (Fsp3) is 0.762. The SMILES string of the molecule is COC(=O)CN1CCN(CC(=O)O)CCN(C(C)C(=O)NCC(=O)O)CCN(CC(=O)OC)CC1. The van der Waals surface area contributed by atoms with Crippen molar-refractivity contribution in [2.75, 3.05) is 92.8 Å². The van der Waals surface area contributed by atoms with Gasteiger partial charge in [-0.15, -0.1) is 0 Å². The third-order valence-electron chi connectivity index (χ3n) is 5.73. The van der Waals surface area contributed by atoms with Crippen molar-refractivity contribution in [1.29, 1.82) is 0 Å². The molecule has 1 unspecified atom stereocenters. The molecule has 200 valence electrons. The molecular weight excluding hydrogens is 466 g/mol. The Hall–Kier alpha value is -2.81. The predicted molar refractivity (Wildman–Crippen MR) is 123 cm³/mol. The molecular formula is C21H37N5O9. The largest absolute Gasteiger partial charge is 0.480 e. The summed E-state index contributed by atoms with van der Waals surface area (Å²) >= 11 is 0. The maximum absolute atomic E-state index is 12.5. The van der Waals surface area contributed by atoms with Crippen LogP contribution in [-0.4, -0.2) is 158 Å². The van der Waals surface area contributed by atoms with Crippen LogP contribution in [0.2, 0.25) is 0 Å². The van der Waals surface area contributed by atoms with Crippen LogP contribution in [0.15, 0.2) is 0 Å². The van der Waals surface area contributed by atoms with Gasteiger partial charge in [-0.3, -0.25) is 43.6 Å². The van der Waals surface area contributed by atoms with Crippen LogP contribution in [0, 0.1) is 0 Å². The quantitative estimate of drug-likeness (QED) is 0.262. The molecule has 1 atom stereocenters. The summed E-state index contributed by atoms with van der Waals surface area (Å²) in [5.74, 6) is -3.47. The number of carboxylic acids is 2. The summed E-state index contributed by atoms with van der Waals surface area (Å²) in [5.41, 5.74) is 0. The minimum absolute atomic E-state index is 0.0150. The first-order valence-electron chi connectivity index (χ1n) is 11.3. The Labute approximate surface area is 204 Å². The van der Waals surface area contributed by atoms with E-state index in [1.165, 1.54) is 14.2 Å². The van der Waals surface area contributed by atoms with Crippen molar-refractivity contribution in [1.82, 2.24) is 24.9 Å². The summed E-state index contributed by atoms with van der Waals surface area (Å²) in [7, 11) is 2.59. The number of carboxylic acid groups (broad SMARTS) is 2. The lowest BCUT2D eigenvalue weighted by molar-refractivity contribution is -0.144. The molecule has 1 amide bonds. The highest BCUT2D eigenvalue weighted by Gasteiger charge is 2.25. The van der Waals surface area contributed by atoms with E-state index < -0.39 is 42.4 Å². The lowest BCUT2D eigenvalue weighted by Crippen LogP contribution is -2.53. The minimum atomic E-state index is -1.16. The first kappa shape index (κ1) is 30.2. The van der Waals surface area contributed by atoms with Crippen molar-refractivity contribution in [2.45, 2.75) is 13.0 Å². The smallest absolute Gasteiger partial charge is 0.322 e. The molecule has 1 heterocycles. The molecule has 1 rings (SSSR count). The normalized spacial score (nSPS) is 18.5. The number of nitrogens with one attached hydrogen (secondary N) is 1. The lowest BCUT2D eigenvalue weighted by Gasteiger charge is -2.35. The molecule has 1 aliphatic rings. The van der Waals surface area contributed by atoms with Crippen LogP contribution in [0.1, 0.15) is 6.92 Å². The summed E-state index contributed by atoms with van der Waals surface area (Å²) in [4.78, 5) is 65.7. The van der Waals surface area contributed by atoms with Gasteiger partial charge in [-0.2, -0.15) is 0 Å². The Morgan fingerprint density at radius 2 is 1.11 bits per heavy atom. The van der Waals surface area contributed by atoms with Crippen LogP contribution >= 0.6 is 0 Å². The zero-order valence-electron chi connectivity index (χ0n) is 20.6. The van der Waals surface area contributed by atoms with Gasteiger partial charge < -0.3 is 25.0 Å². The molecule has 0 aromatic heterocycles. The fourth-order valence-corrected chi connectivity index (χ4v) is 3.58. The second-order valence-electron chi connectivity index (χ2n) is 8.20. The number of hydrogen-bond acceptors (Lipinski definition) is 11. The van der Waals surface area contributed by atoms with Crippen LogP contribution < -0.4 is 5.32 Å². The van der Waals surface area contributed by atoms with E-state index in [1.54, 1.807) is 11.8 Å². The van der Waals surface area contributed by atoms with Gasteiger partial charge in [-0.05, 0) is 6.92 Å². The summed E-state index contributed by atoms with van der Waals surface area (Å²) in [5, 5.41) is 20.5. The van der Waals surface area contributed by atoms with Gasteiger partial charge in [-0.25, -0.2) is 0 Å². The summed E-state index contributed by atoms with van der Waals surface area (Å²) in [6, 6.07) is -0.681. The molecule has 0 aromatic rings. The number of carbonyl (C=O) groups excluding carboxylic acids is 3. The molecule has 1 fully saturated rings. The number of esters is 2. The molecule has 0 bridgehead atoms. The van der Waals surface area contributed by atoms with Crippen molar-refractivity contribution in [3.63, 3.8) is 0 Å². The number of rotatable bonds is 10. The van der Waals surface area contributed by atoms with Crippen molar-refractivity contribution in [2.24, 2.45) is 0 Å². The van der Waals surface area contributed by atoms with Gasteiger partial charge in [0.05, 0.1) is 39.9 Å². The molecule has 14 nitrogen and oxygen atoms in total. The van der Waals surface area contributed by atoms with E-state index >= 15 is 0 Å². The highest BCUT2D eigenvalue weighted by molar-refractivity contribution is 5.84. The van der Waals surface area contributed by atoms with Crippen molar-refractivity contribution in [3.8, 4) is 0 Å². The van der Waals surface area contributed by atoms with Gasteiger partial charge in [-0.1, -0.05) is 0 Å². The van der Waals surface area contributed by atoms with E-state index in [2.05, 4.69) is 5.32 Å². The minimum Gasteiger partial charge on any atom is -0.480 e. The standard InChI is InChI=1S/C21H37N5O9/c1-16(21(33)22-12-17(27)28)26-10-8-23(13-18(29)30)4-5-24(14-19(31)34-2)6-7-25(9-11-26)15-20(32)35-3/h16H,4-15H2,1-3H3,(H,22,33)(H,27,28)(H,29,30). The second-order valence-corrected chi connectivity index (χ2v) is 8.20. The molecule has 0 radical (unpaired) electrons. The molecule has 14 heteroatoms. The van der Waals surface area contributed by atoms with Gasteiger partial charge in [0, 0.05) is 52.4 Å². The number of aliphatic carboxylic acids is 2. The van der Waals surface area contributed by atoms with Crippen molar-refractivity contribution in [3.05, 3.63) is 0 Å². The van der Waals surface area contributed by atoms with Crippen LogP contribution in [-0.2, 0) is 33.4 Å². The maximum atomic E-state index is 12.5. The van der Waals surface area contributed by atoms with Crippen molar-refractivity contribution < 1.29 is 43.7 Å². The first-order valence-corrected chi connectivity index (χ1v) is 11.3. The molecule has 0 spiro atoms. The number of ether oxygens (including phenoxy) is 2. The predicted octanol–water partition coefficient (Wildman–Crippen LogP) is -2.77. The average Bonchev–Trinajstić information content (AvgIpc) is 2.81. The van der Waals surface area contributed by atoms with Crippen molar-refractivity contribution >= 4 is 29.8 Å². The number of carbonyl (C=O) groups is 5. The van der Waals surface area contributed by atoms with E-state index in [-0.39, 0.29) is 19.6 Å². The lowest BCUT2D eigenvalue weighted by atomic mass is 10.2. The van der Waals surface area contributed by atoms with Gasteiger partial charge in [0.2, 0.25) is 5.91 Å². The molecule has 0 saturated carbocycles. The second kappa shape index (κ2) is 16.0. The Morgan fingerprint density at radius 1 is 0.714 bits per heavy atom. The van der Waals surface area contributed by atoms with E-state index in [0.717, 1.165) is 0 Å². The Bertz CT molecular complexity index is 736. The Morgan fingerprint density at radius 3 is 1.49 bits per heavy atom. The number of amides is 1. The number of methoxy groups -OCH3 is 2. The maximum Gasteiger partial charge on any atom is 0.322 e. The number of hydrogen-bond donors (Lipinski definition) is 3. The molecule has 1 saturated heterocycles. The van der Waals surface area contributed by atoms with Crippen LogP contribution in [0.4, 0.5) is 0 Å². The van der Waals surface area contributed by atoms with E-state index in [4.69, 9.17) is 14.6 Å². The summed E-state index contributed by atoms with van der Waals surface area (Å²) in [6.45, 7) is 3.94. The van der Waals surface area contributed by atoms with Gasteiger partial charge in [0.25, 0.3) is 0 Å². The summed E-state index contributed by atoms with van der Waals surface area (Å²) in [6.07, 6.45) is 0. The zero-order chi connectivity index (χ0) is 26.4. The molecule has 0 aromatic carbocycles. The Balaban J connectivity index is 3.07. The number of nitrogens with zero attached hydrogens (tertiary/aromatic N) is 4.